The Balaban J connectivity index is 1.53. The van der Waals surface area contributed by atoms with E-state index in [4.69, 9.17) is 31.3 Å². The molecule has 0 aliphatic rings. The molecule has 8 nitrogen and oxygen atoms in total. The number of ether oxygens (including phenoxy) is 2. The first-order valence-corrected chi connectivity index (χ1v) is 14.4. The molecule has 0 amide bonds. The van der Waals surface area contributed by atoms with Gasteiger partial charge >= 0.3 is 5.97 Å². The maximum absolute atomic E-state index is 15.6. The highest BCUT2D eigenvalue weighted by molar-refractivity contribution is 7.10. The number of halogens is 3. The van der Waals surface area contributed by atoms with Crippen LogP contribution in [0.25, 0.3) is 11.3 Å². The fourth-order valence-corrected chi connectivity index (χ4v) is 5.81. The Morgan fingerprint density at radius 1 is 1.16 bits per heavy atom. The number of alkyl halides is 1. The minimum atomic E-state index is -1.58. The van der Waals surface area contributed by atoms with Crippen LogP contribution < -0.4 is 0 Å². The Hall–Kier alpha value is -4.50. The number of carbonyl (C=O) groups is 1. The van der Waals surface area contributed by atoms with E-state index in [-0.39, 0.29) is 23.6 Å². The molecular formula is C31H24ClF2N5O3S. The predicted molar refractivity (Wildman–Crippen MR) is 156 cm³/mol. The van der Waals surface area contributed by atoms with E-state index in [1.165, 1.54) is 34.7 Å². The van der Waals surface area contributed by atoms with Crippen LogP contribution in [0.15, 0.2) is 84.8 Å². The van der Waals surface area contributed by atoms with Gasteiger partial charge in [0.15, 0.2) is 6.79 Å². The third-order valence-electron chi connectivity index (χ3n) is 6.98. The van der Waals surface area contributed by atoms with E-state index in [9.17, 15) is 9.18 Å². The van der Waals surface area contributed by atoms with Crippen molar-refractivity contribution in [3.8, 4) is 17.3 Å². The van der Waals surface area contributed by atoms with Crippen LogP contribution in [-0.2, 0) is 27.5 Å². The third-order valence-corrected chi connectivity index (χ3v) is 8.31. The lowest BCUT2D eigenvalue weighted by Gasteiger charge is -2.38. The van der Waals surface area contributed by atoms with Gasteiger partial charge in [-0.3, -0.25) is 0 Å². The molecule has 2 aromatic heterocycles. The van der Waals surface area contributed by atoms with E-state index in [1.54, 1.807) is 55.5 Å². The van der Waals surface area contributed by atoms with Crippen molar-refractivity contribution in [3.63, 3.8) is 0 Å². The Bertz CT molecular complexity index is 1760. The second-order valence-electron chi connectivity index (χ2n) is 9.62. The molecule has 0 spiro atoms. The van der Waals surface area contributed by atoms with E-state index in [2.05, 4.69) is 16.2 Å². The number of hydrogen-bond donors (Lipinski definition) is 0. The molecule has 12 heteroatoms. The lowest BCUT2D eigenvalue weighted by Crippen LogP contribution is -2.42. The summed E-state index contributed by atoms with van der Waals surface area (Å²) in [4.78, 5) is 21.7. The van der Waals surface area contributed by atoms with Crippen molar-refractivity contribution in [1.29, 1.82) is 5.26 Å². The van der Waals surface area contributed by atoms with Gasteiger partial charge < -0.3 is 9.47 Å². The van der Waals surface area contributed by atoms with Crippen LogP contribution >= 0.6 is 22.9 Å². The smallest absolute Gasteiger partial charge is 0.340 e. The number of esters is 1. The monoisotopic (exact) mass is 619 g/mol. The maximum atomic E-state index is 15.6. The van der Waals surface area contributed by atoms with Crippen molar-refractivity contribution in [2.24, 2.45) is 0 Å². The number of aromatic nitrogens is 4. The van der Waals surface area contributed by atoms with Gasteiger partial charge in [-0.15, -0.1) is 22.9 Å². The highest BCUT2D eigenvalue weighted by Crippen LogP contribution is 2.44. The number of benzene rings is 3. The molecule has 2 heterocycles. The summed E-state index contributed by atoms with van der Waals surface area (Å²) in [7, 11) is 0. The fraction of sp³-hybridized carbons (Fsp3) is 0.194. The Morgan fingerprint density at radius 2 is 1.98 bits per heavy atom. The summed E-state index contributed by atoms with van der Waals surface area (Å²) >= 11 is 7.23. The summed E-state index contributed by atoms with van der Waals surface area (Å²) in [6.07, 6.45) is 2.77. The lowest BCUT2D eigenvalue weighted by atomic mass is 9.81. The first kappa shape index (κ1) is 30.0. The van der Waals surface area contributed by atoms with Crippen LogP contribution in [0.3, 0.4) is 0 Å². The number of carbonyl (C=O) groups excluding carboxylic acids is 1. The van der Waals surface area contributed by atoms with Gasteiger partial charge in [-0.05, 0) is 35.9 Å². The molecule has 0 radical (unpaired) electrons. The molecule has 2 atom stereocenters. The van der Waals surface area contributed by atoms with Crippen LogP contribution in [0.2, 0.25) is 0 Å². The van der Waals surface area contributed by atoms with Crippen molar-refractivity contribution in [1.82, 2.24) is 19.7 Å². The largest absolute Gasteiger partial charge is 0.435 e. The van der Waals surface area contributed by atoms with Crippen molar-refractivity contribution in [2.75, 3.05) is 6.79 Å². The molecule has 0 bridgehead atoms. The zero-order chi connectivity index (χ0) is 30.4. The molecule has 3 aromatic carbocycles. The molecule has 0 aliphatic heterocycles. The molecule has 0 saturated carbocycles. The van der Waals surface area contributed by atoms with Gasteiger partial charge in [0.2, 0.25) is 0 Å². The van der Waals surface area contributed by atoms with Crippen molar-refractivity contribution in [2.45, 2.75) is 30.9 Å². The van der Waals surface area contributed by atoms with Gasteiger partial charge in [0.1, 0.15) is 29.9 Å². The predicted octanol–water partition coefficient (Wildman–Crippen LogP) is 6.82. The molecular weight excluding hydrogens is 596 g/mol. The summed E-state index contributed by atoms with van der Waals surface area (Å²) < 4.78 is 42.9. The van der Waals surface area contributed by atoms with Gasteiger partial charge in [-0.1, -0.05) is 37.3 Å². The number of nitriles is 1. The molecule has 5 rings (SSSR count). The van der Waals surface area contributed by atoms with Gasteiger partial charge in [0.05, 0.1) is 34.4 Å². The maximum Gasteiger partial charge on any atom is 0.340 e. The Morgan fingerprint density at radius 3 is 2.67 bits per heavy atom. The Labute approximate surface area is 255 Å². The minimum absolute atomic E-state index is 0.0206. The van der Waals surface area contributed by atoms with Gasteiger partial charge in [-0.25, -0.2) is 28.2 Å². The summed E-state index contributed by atoms with van der Waals surface area (Å²) in [5, 5.41) is 15.7. The SMILES string of the molecule is C[C@@H](c1nc(-c2ccc(C#N)cc2)cs1)C(Cn1cncn1)(OCOC(=O)c1cccc(CCl)c1)c1ccc(F)cc1F. The standard InChI is InChI=1S/C31H24ClF2N5O3S/c1-20(29-38-28(15-43-29)23-7-5-21(14-35)6-8-23)31(16-39-18-36-17-37-39,26-10-9-25(33)12-27(26)34)42-19-41-30(40)24-4-2-3-22(11-24)13-32/h2-12,15,17-18,20H,13,16,19H2,1H3/t20-,31?/m0/s1. The van der Waals surface area contributed by atoms with Gasteiger partial charge in [-0.2, -0.15) is 10.4 Å². The number of hydrogen-bond acceptors (Lipinski definition) is 8. The molecule has 0 fully saturated rings. The van der Waals surface area contributed by atoms with Crippen molar-refractivity contribution in [3.05, 3.63) is 124 Å². The van der Waals surface area contributed by atoms with E-state index in [1.807, 2.05) is 5.38 Å². The average molecular weight is 620 g/mol. The van der Waals surface area contributed by atoms with E-state index < -0.39 is 35.9 Å². The Kier molecular flexibility index (Phi) is 9.21. The highest BCUT2D eigenvalue weighted by Gasteiger charge is 2.45. The normalized spacial score (nSPS) is 13.2. The quantitative estimate of drug-likeness (QED) is 0.0908. The van der Waals surface area contributed by atoms with Crippen LogP contribution in [0, 0.1) is 23.0 Å². The van der Waals surface area contributed by atoms with Crippen LogP contribution in [0.5, 0.6) is 0 Å². The average Bonchev–Trinajstić information content (AvgIpc) is 3.73. The molecule has 0 saturated heterocycles. The molecule has 0 aliphatic carbocycles. The van der Waals surface area contributed by atoms with Crippen molar-refractivity contribution >= 4 is 28.9 Å². The minimum Gasteiger partial charge on any atom is -0.435 e. The molecule has 5 aromatic rings. The van der Waals surface area contributed by atoms with E-state index in [0.717, 1.165) is 23.3 Å². The topological polar surface area (TPSA) is 103 Å². The lowest BCUT2D eigenvalue weighted by molar-refractivity contribution is -0.148. The number of rotatable bonds is 11. The molecule has 1 unspecified atom stereocenters. The number of thiazole rings is 1. The van der Waals surface area contributed by atoms with E-state index >= 15 is 4.39 Å². The highest BCUT2D eigenvalue weighted by atomic mass is 35.5. The zero-order valence-electron chi connectivity index (χ0n) is 22.8. The molecule has 218 valence electrons. The summed E-state index contributed by atoms with van der Waals surface area (Å²) in [6.45, 7) is 1.17. The fourth-order valence-electron chi connectivity index (χ4n) is 4.68. The van der Waals surface area contributed by atoms with Crippen molar-refractivity contribution < 1.29 is 23.0 Å². The second kappa shape index (κ2) is 13.2. The number of nitrogens with zero attached hydrogens (tertiary/aromatic N) is 5. The molecule has 0 N–H and O–H groups in total. The molecule has 43 heavy (non-hydrogen) atoms. The first-order valence-electron chi connectivity index (χ1n) is 13.0. The van der Waals surface area contributed by atoms with Crippen LogP contribution in [0.4, 0.5) is 8.78 Å². The van der Waals surface area contributed by atoms with Crippen LogP contribution in [0.1, 0.15) is 44.9 Å². The zero-order valence-corrected chi connectivity index (χ0v) is 24.4. The van der Waals surface area contributed by atoms with Gasteiger partial charge in [0.25, 0.3) is 0 Å². The first-order chi connectivity index (χ1) is 20.8. The van der Waals surface area contributed by atoms with E-state index in [0.29, 0.717) is 16.3 Å². The summed E-state index contributed by atoms with van der Waals surface area (Å²) in [6, 6.07) is 18.9. The van der Waals surface area contributed by atoms with Gasteiger partial charge in [0, 0.05) is 34.4 Å². The third kappa shape index (κ3) is 6.62. The summed E-state index contributed by atoms with van der Waals surface area (Å²) in [5.74, 6) is -2.71. The van der Waals surface area contributed by atoms with Crippen LogP contribution in [-0.4, -0.2) is 32.5 Å². The summed E-state index contributed by atoms with van der Waals surface area (Å²) in [5.41, 5.74) is 1.41. The second-order valence-corrected chi connectivity index (χ2v) is 10.8.